The van der Waals surface area contributed by atoms with Crippen LogP contribution in [0, 0.1) is 20.8 Å². The van der Waals surface area contributed by atoms with Crippen molar-refractivity contribution in [3.8, 4) is 22.8 Å². The van der Waals surface area contributed by atoms with Crippen molar-refractivity contribution in [1.82, 2.24) is 9.13 Å². The summed E-state index contributed by atoms with van der Waals surface area (Å²) in [5.41, 5.74) is 1.71. The zero-order valence-corrected chi connectivity index (χ0v) is 23.8. The number of methoxy groups -OCH3 is 2. The lowest BCUT2D eigenvalue weighted by Crippen LogP contribution is -2.38. The highest BCUT2D eigenvalue weighted by Crippen LogP contribution is 2.37. The van der Waals surface area contributed by atoms with Gasteiger partial charge in [-0.1, -0.05) is 6.07 Å². The molecule has 2 aromatic carbocycles. The van der Waals surface area contributed by atoms with Gasteiger partial charge in [-0.25, -0.2) is 36.9 Å². The van der Waals surface area contributed by atoms with Gasteiger partial charge in [0.2, 0.25) is 20.0 Å². The van der Waals surface area contributed by atoms with Crippen LogP contribution in [0.5, 0.6) is 11.5 Å². The molecule has 0 bridgehead atoms. The van der Waals surface area contributed by atoms with Crippen LogP contribution in [0.15, 0.2) is 43.8 Å². The van der Waals surface area contributed by atoms with Crippen LogP contribution in [0.4, 0.5) is 5.69 Å². The van der Waals surface area contributed by atoms with E-state index in [-0.39, 0.29) is 44.6 Å². The summed E-state index contributed by atoms with van der Waals surface area (Å²) in [5, 5.41) is 11.0. The lowest BCUT2D eigenvalue weighted by molar-refractivity contribution is 0.354. The Kier molecular flexibility index (Phi) is 7.94. The fourth-order valence-corrected chi connectivity index (χ4v) is 6.27. The summed E-state index contributed by atoms with van der Waals surface area (Å²) in [4.78, 5) is 17.7. The maximum atomic E-state index is 13.4. The molecule has 0 unspecified atom stereocenters. The second-order valence-corrected chi connectivity index (χ2v) is 11.7. The molecule has 0 aliphatic rings. The largest absolute Gasteiger partial charge is 0.493 e. The van der Waals surface area contributed by atoms with E-state index in [0.717, 1.165) is 0 Å². The van der Waals surface area contributed by atoms with Crippen LogP contribution in [-0.4, -0.2) is 40.2 Å². The van der Waals surface area contributed by atoms with Crippen molar-refractivity contribution in [2.24, 2.45) is 22.3 Å². The average molecular weight is 566 g/mol. The normalized spacial score (nSPS) is 12.6. The third kappa shape index (κ3) is 5.25. The second-order valence-electron chi connectivity index (χ2n) is 8.69. The van der Waals surface area contributed by atoms with Gasteiger partial charge in [0, 0.05) is 31.3 Å². The van der Waals surface area contributed by atoms with Crippen molar-refractivity contribution in [3.63, 3.8) is 0 Å². The molecular formula is C24H31N5O7S2. The molecule has 206 valence electrons. The summed E-state index contributed by atoms with van der Waals surface area (Å²) in [6.07, 6.45) is 0. The lowest BCUT2D eigenvalue weighted by Gasteiger charge is -2.18. The summed E-state index contributed by atoms with van der Waals surface area (Å²) in [5.74, 6) is 0.359. The molecular weight excluding hydrogens is 534 g/mol. The Hall–Kier alpha value is -3.46. The molecule has 14 heteroatoms. The Labute approximate surface area is 221 Å². The highest BCUT2D eigenvalue weighted by molar-refractivity contribution is 7.89. The van der Waals surface area contributed by atoms with Crippen LogP contribution in [0.2, 0.25) is 0 Å². The molecule has 1 aromatic heterocycles. The van der Waals surface area contributed by atoms with Gasteiger partial charge in [0.05, 0.1) is 35.4 Å². The SMILES string of the molecule is CCn1c(-c2cc(OC)c(OC)cc2S(N)(=O)=O)c/c(=N/c2c(C)cc(C)c(S(N)(=O)=O)c2C)n(C)c1=O. The van der Waals surface area contributed by atoms with E-state index in [1.807, 2.05) is 0 Å². The van der Waals surface area contributed by atoms with Gasteiger partial charge in [0.15, 0.2) is 11.5 Å². The molecule has 0 aliphatic carbocycles. The number of aromatic nitrogens is 2. The molecule has 0 fully saturated rings. The Morgan fingerprint density at radius 2 is 1.47 bits per heavy atom. The number of ether oxygens (including phenoxy) is 2. The first-order valence-electron chi connectivity index (χ1n) is 11.3. The molecule has 0 aliphatic heterocycles. The molecule has 0 radical (unpaired) electrons. The predicted octanol–water partition coefficient (Wildman–Crippen LogP) is 1.34. The quantitative estimate of drug-likeness (QED) is 0.434. The molecule has 4 N–H and O–H groups in total. The summed E-state index contributed by atoms with van der Waals surface area (Å²) < 4.78 is 62.9. The molecule has 0 spiro atoms. The molecule has 38 heavy (non-hydrogen) atoms. The van der Waals surface area contributed by atoms with Gasteiger partial charge in [0.25, 0.3) is 0 Å². The topological polar surface area (TPSA) is 178 Å². The average Bonchev–Trinajstić information content (AvgIpc) is 2.81. The summed E-state index contributed by atoms with van der Waals surface area (Å²) in [6, 6.07) is 5.82. The Bertz CT molecular complexity index is 1790. The molecule has 3 aromatic rings. The number of rotatable bonds is 7. The standard InChI is InChI=1S/C24H31N5O7S2/c1-8-29-17(16-10-18(35-6)19(36-7)12-20(16)37(25,31)32)11-21(28(5)24(29)30)27-22-13(2)9-14(3)23(15(22)4)38(26,33)34/h9-12H,8H2,1-7H3,(H2,25,31,32)(H2,26,33,34)/b27-21-. The zero-order valence-electron chi connectivity index (χ0n) is 22.2. The van der Waals surface area contributed by atoms with Gasteiger partial charge in [-0.2, -0.15) is 0 Å². The zero-order chi connectivity index (χ0) is 28.7. The minimum atomic E-state index is -4.27. The molecule has 0 saturated carbocycles. The molecule has 12 nitrogen and oxygen atoms in total. The first-order chi connectivity index (χ1) is 17.6. The van der Waals surface area contributed by atoms with E-state index in [4.69, 9.17) is 19.8 Å². The van der Waals surface area contributed by atoms with Gasteiger partial charge < -0.3 is 9.47 Å². The van der Waals surface area contributed by atoms with Gasteiger partial charge in [-0.15, -0.1) is 0 Å². The van der Waals surface area contributed by atoms with Crippen LogP contribution in [0.1, 0.15) is 23.6 Å². The fraction of sp³-hybridized carbons (Fsp3) is 0.333. The van der Waals surface area contributed by atoms with Crippen LogP contribution in [0.25, 0.3) is 11.3 Å². The predicted molar refractivity (Wildman–Crippen MR) is 143 cm³/mol. The van der Waals surface area contributed by atoms with E-state index >= 15 is 0 Å². The van der Waals surface area contributed by atoms with Crippen molar-refractivity contribution in [1.29, 1.82) is 0 Å². The highest BCUT2D eigenvalue weighted by atomic mass is 32.2. The maximum Gasteiger partial charge on any atom is 0.329 e. The summed E-state index contributed by atoms with van der Waals surface area (Å²) in [6.45, 7) is 6.90. The van der Waals surface area contributed by atoms with Crippen LogP contribution in [-0.2, 0) is 33.6 Å². The molecule has 0 saturated heterocycles. The third-order valence-electron chi connectivity index (χ3n) is 6.17. The van der Waals surface area contributed by atoms with Crippen molar-refractivity contribution < 1.29 is 26.3 Å². The van der Waals surface area contributed by atoms with E-state index < -0.39 is 25.7 Å². The van der Waals surface area contributed by atoms with E-state index in [0.29, 0.717) is 22.4 Å². The van der Waals surface area contributed by atoms with Crippen molar-refractivity contribution in [2.45, 2.75) is 44.0 Å². The summed E-state index contributed by atoms with van der Waals surface area (Å²) in [7, 11) is -4.07. The second kappa shape index (κ2) is 10.4. The first kappa shape index (κ1) is 29.1. The van der Waals surface area contributed by atoms with Crippen LogP contribution < -0.4 is 30.9 Å². The number of primary sulfonamides is 2. The smallest absolute Gasteiger partial charge is 0.329 e. The van der Waals surface area contributed by atoms with Crippen molar-refractivity contribution in [2.75, 3.05) is 14.2 Å². The Morgan fingerprint density at radius 3 is 1.97 bits per heavy atom. The molecule has 3 rings (SSSR count). The third-order valence-corrected chi connectivity index (χ3v) is 8.32. The first-order valence-corrected chi connectivity index (χ1v) is 14.4. The van der Waals surface area contributed by atoms with Crippen LogP contribution >= 0.6 is 0 Å². The molecule has 0 atom stereocenters. The van der Waals surface area contributed by atoms with E-state index in [9.17, 15) is 21.6 Å². The van der Waals surface area contributed by atoms with Crippen molar-refractivity contribution >= 4 is 25.7 Å². The van der Waals surface area contributed by atoms with E-state index in [2.05, 4.69) is 4.99 Å². The van der Waals surface area contributed by atoms with Crippen LogP contribution in [0.3, 0.4) is 0 Å². The monoisotopic (exact) mass is 565 g/mol. The number of hydrogen-bond acceptors (Lipinski definition) is 8. The molecule has 0 amide bonds. The number of benzene rings is 2. The minimum absolute atomic E-state index is 0.0528. The van der Waals surface area contributed by atoms with E-state index in [1.54, 1.807) is 33.8 Å². The van der Waals surface area contributed by atoms with E-state index in [1.165, 1.54) is 48.6 Å². The molecule has 1 heterocycles. The number of hydrogen-bond donors (Lipinski definition) is 2. The lowest BCUT2D eigenvalue weighted by atomic mass is 10.1. The Morgan fingerprint density at radius 1 is 0.895 bits per heavy atom. The van der Waals surface area contributed by atoms with Gasteiger partial charge >= 0.3 is 5.69 Å². The highest BCUT2D eigenvalue weighted by Gasteiger charge is 2.24. The van der Waals surface area contributed by atoms with Crippen molar-refractivity contribution in [3.05, 3.63) is 56.9 Å². The van der Waals surface area contributed by atoms with Gasteiger partial charge in [-0.3, -0.25) is 9.13 Å². The number of nitrogens with zero attached hydrogens (tertiary/aromatic N) is 3. The fourth-order valence-electron chi connectivity index (χ4n) is 4.49. The Balaban J connectivity index is 2.54. The summed E-state index contributed by atoms with van der Waals surface area (Å²) >= 11 is 0. The van der Waals surface area contributed by atoms with Gasteiger partial charge in [0.1, 0.15) is 5.49 Å². The maximum absolute atomic E-state index is 13.4. The number of nitrogens with two attached hydrogens (primary N) is 2. The van der Waals surface area contributed by atoms with Gasteiger partial charge in [-0.05, 0) is 50.5 Å². The number of aryl methyl sites for hydroxylation is 2. The minimum Gasteiger partial charge on any atom is -0.493 e. The number of sulfonamides is 2.